The predicted octanol–water partition coefficient (Wildman–Crippen LogP) is 3.35. The number of carbonyl (C=O) groups is 1. The van der Waals surface area contributed by atoms with Crippen LogP contribution in [-0.4, -0.2) is 29.2 Å². The molecule has 0 aromatic heterocycles. The minimum absolute atomic E-state index is 0.190. The van der Waals surface area contributed by atoms with E-state index in [1.807, 2.05) is 6.92 Å². The van der Waals surface area contributed by atoms with Crippen molar-refractivity contribution in [2.45, 2.75) is 18.2 Å². The predicted molar refractivity (Wildman–Crippen MR) is 66.3 cm³/mol. The van der Waals surface area contributed by atoms with Gasteiger partial charge in [0.05, 0.1) is 0 Å². The van der Waals surface area contributed by atoms with E-state index in [-0.39, 0.29) is 4.83 Å². The summed E-state index contributed by atoms with van der Waals surface area (Å²) >= 11 is 3.31. The van der Waals surface area contributed by atoms with Crippen LogP contribution in [0.1, 0.15) is 23.7 Å². The summed E-state index contributed by atoms with van der Waals surface area (Å²) in [7, 11) is 1.44. The van der Waals surface area contributed by atoms with Crippen LogP contribution in [-0.2, 0) is 0 Å². The normalized spacial score (nSPS) is 12.3. The van der Waals surface area contributed by atoms with Crippen LogP contribution in [0.25, 0.3) is 0 Å². The number of carbonyl (C=O) groups excluding carboxylic acids is 1. The molecule has 0 saturated heterocycles. The zero-order valence-electron chi connectivity index (χ0n) is 10.0. The first kappa shape index (κ1) is 15.0. The third-order valence-corrected chi connectivity index (χ3v) is 2.89. The number of amides is 1. The molecule has 2 nitrogen and oxygen atoms in total. The molecule has 0 spiro atoms. The van der Waals surface area contributed by atoms with Gasteiger partial charge < -0.3 is 4.90 Å². The van der Waals surface area contributed by atoms with E-state index >= 15 is 0 Å². The Morgan fingerprint density at radius 1 is 1.33 bits per heavy atom. The van der Waals surface area contributed by atoms with E-state index in [9.17, 15) is 18.0 Å². The second kappa shape index (κ2) is 6.22. The van der Waals surface area contributed by atoms with Crippen LogP contribution in [0, 0.1) is 17.5 Å². The molecule has 0 N–H and O–H groups in total. The van der Waals surface area contributed by atoms with Crippen molar-refractivity contribution in [3.63, 3.8) is 0 Å². The third kappa shape index (κ3) is 3.73. The molecular weight excluding hydrogens is 311 g/mol. The lowest BCUT2D eigenvalue weighted by atomic mass is 10.1. The van der Waals surface area contributed by atoms with E-state index in [1.54, 1.807) is 0 Å². The number of halogens is 4. The molecule has 1 aromatic carbocycles. The van der Waals surface area contributed by atoms with Gasteiger partial charge in [-0.3, -0.25) is 4.79 Å². The maximum Gasteiger partial charge on any atom is 0.259 e. The van der Waals surface area contributed by atoms with Crippen LogP contribution >= 0.6 is 15.9 Å². The Kier molecular flexibility index (Phi) is 5.19. The molecule has 0 fully saturated rings. The molecule has 1 aromatic rings. The SMILES string of the molecule is CC(Br)CCN(C)C(=O)c1c(F)cc(F)cc1F. The molecule has 18 heavy (non-hydrogen) atoms. The molecule has 1 atom stereocenters. The maximum absolute atomic E-state index is 13.4. The lowest BCUT2D eigenvalue weighted by molar-refractivity contribution is 0.0784. The van der Waals surface area contributed by atoms with Gasteiger partial charge in [0.1, 0.15) is 23.0 Å². The summed E-state index contributed by atoms with van der Waals surface area (Å²) in [6.07, 6.45) is 0.646. The van der Waals surface area contributed by atoms with Crippen LogP contribution in [0.2, 0.25) is 0 Å². The van der Waals surface area contributed by atoms with Crippen LogP contribution in [0.5, 0.6) is 0 Å². The van der Waals surface area contributed by atoms with E-state index < -0.39 is 28.9 Å². The van der Waals surface area contributed by atoms with Crippen molar-refractivity contribution in [3.8, 4) is 0 Å². The van der Waals surface area contributed by atoms with E-state index in [4.69, 9.17) is 0 Å². The number of hydrogen-bond donors (Lipinski definition) is 0. The molecule has 0 bridgehead atoms. The highest BCUT2D eigenvalue weighted by Crippen LogP contribution is 2.17. The number of hydrogen-bond acceptors (Lipinski definition) is 1. The summed E-state index contributed by atoms with van der Waals surface area (Å²) in [6.45, 7) is 2.25. The van der Waals surface area contributed by atoms with Gasteiger partial charge in [-0.1, -0.05) is 22.9 Å². The molecule has 0 aliphatic rings. The minimum atomic E-state index is -1.18. The second-order valence-corrected chi connectivity index (χ2v) is 5.60. The van der Waals surface area contributed by atoms with Gasteiger partial charge >= 0.3 is 0 Å². The fourth-order valence-electron chi connectivity index (χ4n) is 1.41. The Balaban J connectivity index is 2.90. The Hall–Kier alpha value is -1.04. The smallest absolute Gasteiger partial charge is 0.259 e. The van der Waals surface area contributed by atoms with E-state index in [2.05, 4.69) is 15.9 Å². The Bertz CT molecular complexity index is 428. The van der Waals surface area contributed by atoms with Crippen molar-refractivity contribution in [1.29, 1.82) is 0 Å². The summed E-state index contributed by atoms with van der Waals surface area (Å²) in [6, 6.07) is 0.995. The van der Waals surface area contributed by atoms with Crippen molar-refractivity contribution < 1.29 is 18.0 Å². The zero-order valence-corrected chi connectivity index (χ0v) is 11.6. The monoisotopic (exact) mass is 323 g/mol. The molecule has 1 rings (SSSR count). The number of nitrogens with zero attached hydrogens (tertiary/aromatic N) is 1. The van der Waals surface area contributed by atoms with Crippen LogP contribution < -0.4 is 0 Å². The quantitative estimate of drug-likeness (QED) is 0.778. The molecule has 1 amide bonds. The van der Waals surface area contributed by atoms with Gasteiger partial charge in [-0.25, -0.2) is 13.2 Å². The fourth-order valence-corrected chi connectivity index (χ4v) is 1.62. The minimum Gasteiger partial charge on any atom is -0.341 e. The van der Waals surface area contributed by atoms with E-state index in [1.165, 1.54) is 11.9 Å². The van der Waals surface area contributed by atoms with Crippen LogP contribution in [0.4, 0.5) is 13.2 Å². The topological polar surface area (TPSA) is 20.3 Å². The van der Waals surface area contributed by atoms with Gasteiger partial charge in [0.15, 0.2) is 0 Å². The lowest BCUT2D eigenvalue weighted by Crippen LogP contribution is -2.30. The number of alkyl halides is 1. The first-order chi connectivity index (χ1) is 8.32. The standard InChI is InChI=1S/C12H13BrF3NO/c1-7(13)3-4-17(2)12(18)11-9(15)5-8(14)6-10(11)16/h5-7H,3-4H2,1-2H3. The molecule has 100 valence electrons. The number of rotatable bonds is 4. The van der Waals surface area contributed by atoms with Crippen molar-refractivity contribution in [1.82, 2.24) is 4.90 Å². The Labute approximate surface area is 112 Å². The highest BCUT2D eigenvalue weighted by atomic mass is 79.9. The first-order valence-electron chi connectivity index (χ1n) is 5.37. The molecule has 0 saturated carbocycles. The number of benzene rings is 1. The average molecular weight is 324 g/mol. The largest absolute Gasteiger partial charge is 0.341 e. The molecule has 0 aliphatic heterocycles. The highest BCUT2D eigenvalue weighted by molar-refractivity contribution is 9.09. The van der Waals surface area contributed by atoms with Gasteiger partial charge in [-0.15, -0.1) is 0 Å². The van der Waals surface area contributed by atoms with E-state index in [0.29, 0.717) is 25.1 Å². The molecule has 6 heteroatoms. The zero-order chi connectivity index (χ0) is 13.9. The summed E-state index contributed by atoms with van der Waals surface area (Å²) in [5.41, 5.74) is -0.721. The molecule has 0 radical (unpaired) electrons. The summed E-state index contributed by atoms with van der Waals surface area (Å²) in [5.74, 6) is -4.20. The first-order valence-corrected chi connectivity index (χ1v) is 6.28. The lowest BCUT2D eigenvalue weighted by Gasteiger charge is -2.18. The van der Waals surface area contributed by atoms with Gasteiger partial charge in [-0.05, 0) is 6.42 Å². The van der Waals surface area contributed by atoms with Gasteiger partial charge in [-0.2, -0.15) is 0 Å². The van der Waals surface area contributed by atoms with Crippen LogP contribution in [0.15, 0.2) is 12.1 Å². The maximum atomic E-state index is 13.4. The second-order valence-electron chi connectivity index (χ2n) is 4.04. The van der Waals surface area contributed by atoms with Gasteiger partial charge in [0, 0.05) is 30.6 Å². The van der Waals surface area contributed by atoms with Gasteiger partial charge in [0.25, 0.3) is 5.91 Å². The van der Waals surface area contributed by atoms with Crippen molar-refractivity contribution >= 4 is 21.8 Å². The Morgan fingerprint density at radius 2 is 1.83 bits per heavy atom. The van der Waals surface area contributed by atoms with Crippen LogP contribution in [0.3, 0.4) is 0 Å². The summed E-state index contributed by atoms with van der Waals surface area (Å²) in [5, 5.41) is 0. The van der Waals surface area contributed by atoms with Gasteiger partial charge in [0.2, 0.25) is 0 Å². The molecular formula is C12H13BrF3NO. The Morgan fingerprint density at radius 3 is 2.28 bits per heavy atom. The third-order valence-electron chi connectivity index (χ3n) is 2.43. The van der Waals surface area contributed by atoms with Crippen molar-refractivity contribution in [3.05, 3.63) is 35.1 Å². The highest BCUT2D eigenvalue weighted by Gasteiger charge is 2.22. The fraction of sp³-hybridized carbons (Fsp3) is 0.417. The van der Waals surface area contributed by atoms with E-state index in [0.717, 1.165) is 0 Å². The molecule has 0 heterocycles. The average Bonchev–Trinajstić information content (AvgIpc) is 2.24. The summed E-state index contributed by atoms with van der Waals surface area (Å²) in [4.78, 5) is 13.2. The molecule has 1 unspecified atom stereocenters. The molecule has 0 aliphatic carbocycles. The van der Waals surface area contributed by atoms with Crippen molar-refractivity contribution in [2.24, 2.45) is 0 Å². The van der Waals surface area contributed by atoms with Crippen molar-refractivity contribution in [2.75, 3.05) is 13.6 Å². The summed E-state index contributed by atoms with van der Waals surface area (Å²) < 4.78 is 39.5.